The molecule has 3 rings (SSSR count). The van der Waals surface area contributed by atoms with Gasteiger partial charge in [-0.1, -0.05) is 58.3 Å². The Morgan fingerprint density at radius 3 is 2.30 bits per heavy atom. The van der Waals surface area contributed by atoms with Crippen molar-refractivity contribution in [2.45, 2.75) is 90.4 Å². The molecule has 0 amide bonds. The van der Waals surface area contributed by atoms with Gasteiger partial charge in [-0.25, -0.2) is 13.2 Å². The van der Waals surface area contributed by atoms with Gasteiger partial charge < -0.3 is 4.74 Å². The first kappa shape index (κ1) is 23.1. The normalized spacial score (nSPS) is 27.1. The molecule has 0 radical (unpaired) electrons. The van der Waals surface area contributed by atoms with Crippen LogP contribution in [-0.4, -0.2) is 5.97 Å². The van der Waals surface area contributed by atoms with Gasteiger partial charge in [0.1, 0.15) is 5.75 Å². The van der Waals surface area contributed by atoms with Gasteiger partial charge >= 0.3 is 5.97 Å². The van der Waals surface area contributed by atoms with E-state index in [0.29, 0.717) is 18.1 Å². The van der Waals surface area contributed by atoms with Crippen molar-refractivity contribution >= 4 is 5.97 Å². The monoisotopic (exact) mass is 424 g/mol. The minimum absolute atomic E-state index is 0.224. The molecule has 0 heterocycles. The zero-order valence-corrected chi connectivity index (χ0v) is 18.1. The van der Waals surface area contributed by atoms with Crippen LogP contribution < -0.4 is 4.74 Å². The number of hydrogen-bond acceptors (Lipinski definition) is 2. The van der Waals surface area contributed by atoms with Crippen molar-refractivity contribution in [2.75, 3.05) is 0 Å². The summed E-state index contributed by atoms with van der Waals surface area (Å²) < 4.78 is 44.6. The van der Waals surface area contributed by atoms with Crippen LogP contribution in [0.15, 0.2) is 12.1 Å². The summed E-state index contributed by atoms with van der Waals surface area (Å²) in [6, 6.07) is 1.42. The SMILES string of the molecule is CCCCC1CCC([C@H]2CCCC(CCC(=O)Oc3cc(F)c(F)c(F)c3)C2)CC1. The first-order valence-electron chi connectivity index (χ1n) is 11.8. The van der Waals surface area contributed by atoms with Gasteiger partial charge in [0.05, 0.1) is 0 Å². The molecule has 168 valence electrons. The fourth-order valence-corrected chi connectivity index (χ4v) is 5.56. The first-order chi connectivity index (χ1) is 14.5. The number of carbonyl (C=O) groups is 1. The average Bonchev–Trinajstić information content (AvgIpc) is 2.75. The van der Waals surface area contributed by atoms with E-state index in [4.69, 9.17) is 4.74 Å². The largest absolute Gasteiger partial charge is 0.426 e. The number of rotatable bonds is 8. The summed E-state index contributed by atoms with van der Waals surface area (Å²) in [5, 5.41) is 0. The molecule has 2 saturated carbocycles. The molecule has 1 aromatic rings. The standard InChI is InChI=1S/C25H35F3O2/c1-2-3-5-17-8-11-19(12-9-17)20-7-4-6-18(14-20)10-13-24(29)30-21-15-22(26)25(28)23(27)16-21/h15-20H,2-14H2,1H3/t17?,18?,19?,20-/m0/s1. The van der Waals surface area contributed by atoms with Crippen molar-refractivity contribution < 1.29 is 22.7 Å². The lowest BCUT2D eigenvalue weighted by molar-refractivity contribution is -0.134. The zero-order chi connectivity index (χ0) is 21.5. The summed E-state index contributed by atoms with van der Waals surface area (Å²) in [5.41, 5.74) is 0. The molecule has 30 heavy (non-hydrogen) atoms. The lowest BCUT2D eigenvalue weighted by atomic mass is 9.67. The lowest BCUT2D eigenvalue weighted by Gasteiger charge is -2.38. The minimum Gasteiger partial charge on any atom is -0.426 e. The molecule has 1 unspecified atom stereocenters. The van der Waals surface area contributed by atoms with Gasteiger partial charge in [0.15, 0.2) is 17.5 Å². The Labute approximate surface area is 178 Å². The fourth-order valence-electron chi connectivity index (χ4n) is 5.56. The predicted molar refractivity (Wildman–Crippen MR) is 112 cm³/mol. The van der Waals surface area contributed by atoms with E-state index >= 15 is 0 Å². The number of halogens is 3. The van der Waals surface area contributed by atoms with E-state index in [0.717, 1.165) is 30.6 Å². The molecule has 2 fully saturated rings. The third-order valence-electron chi connectivity index (χ3n) is 7.29. The number of carbonyl (C=O) groups excluding carboxylic acids is 1. The van der Waals surface area contributed by atoms with Crippen LogP contribution >= 0.6 is 0 Å². The summed E-state index contributed by atoms with van der Waals surface area (Å²) in [4.78, 5) is 12.1. The second kappa shape index (κ2) is 11.2. The van der Waals surface area contributed by atoms with Crippen molar-refractivity contribution in [3.63, 3.8) is 0 Å². The maximum absolute atomic E-state index is 13.3. The third kappa shape index (κ3) is 6.49. The molecule has 2 aliphatic carbocycles. The third-order valence-corrected chi connectivity index (χ3v) is 7.29. The van der Waals surface area contributed by atoms with Gasteiger partial charge in [-0.15, -0.1) is 0 Å². The molecule has 2 nitrogen and oxygen atoms in total. The Balaban J connectivity index is 1.41. The van der Waals surface area contributed by atoms with Crippen LogP contribution in [0, 0.1) is 41.1 Å². The second-order valence-electron chi connectivity index (χ2n) is 9.43. The van der Waals surface area contributed by atoms with Crippen LogP contribution in [0.3, 0.4) is 0 Å². The number of hydrogen-bond donors (Lipinski definition) is 0. The molecule has 0 aromatic heterocycles. The molecule has 0 N–H and O–H groups in total. The van der Waals surface area contributed by atoms with E-state index in [2.05, 4.69) is 6.92 Å². The molecule has 1 aromatic carbocycles. The molecular formula is C25H35F3O2. The molecule has 2 atom stereocenters. The maximum Gasteiger partial charge on any atom is 0.311 e. The van der Waals surface area contributed by atoms with Gasteiger partial charge in [-0.2, -0.15) is 0 Å². The number of ether oxygens (including phenoxy) is 1. The van der Waals surface area contributed by atoms with E-state index in [1.165, 1.54) is 64.2 Å². The Morgan fingerprint density at radius 1 is 0.933 bits per heavy atom. The van der Waals surface area contributed by atoms with Crippen molar-refractivity contribution in [3.05, 3.63) is 29.6 Å². The summed E-state index contributed by atoms with van der Waals surface area (Å²) in [6.07, 6.45) is 15.3. The Morgan fingerprint density at radius 2 is 1.63 bits per heavy atom. The average molecular weight is 425 g/mol. The maximum atomic E-state index is 13.3. The van der Waals surface area contributed by atoms with E-state index < -0.39 is 23.4 Å². The molecule has 0 saturated heterocycles. The van der Waals surface area contributed by atoms with Gasteiger partial charge in [0.25, 0.3) is 0 Å². The van der Waals surface area contributed by atoms with E-state index in [-0.39, 0.29) is 12.2 Å². The van der Waals surface area contributed by atoms with Crippen molar-refractivity contribution in [1.29, 1.82) is 0 Å². The molecule has 0 spiro atoms. The van der Waals surface area contributed by atoms with Crippen molar-refractivity contribution in [3.8, 4) is 5.75 Å². The number of esters is 1. The predicted octanol–water partition coefficient (Wildman–Crippen LogP) is 7.59. The van der Waals surface area contributed by atoms with Crippen molar-refractivity contribution in [2.24, 2.45) is 23.7 Å². The van der Waals surface area contributed by atoms with Gasteiger partial charge in [0, 0.05) is 18.6 Å². The Kier molecular flexibility index (Phi) is 8.64. The highest BCUT2D eigenvalue weighted by molar-refractivity contribution is 5.72. The van der Waals surface area contributed by atoms with Gasteiger partial charge in [0.2, 0.25) is 0 Å². The number of unbranched alkanes of at least 4 members (excludes halogenated alkanes) is 1. The van der Waals surface area contributed by atoms with Crippen LogP contribution in [0.1, 0.15) is 90.4 Å². The molecule has 0 bridgehead atoms. The Bertz CT molecular complexity index is 675. The second-order valence-corrected chi connectivity index (χ2v) is 9.43. The smallest absolute Gasteiger partial charge is 0.311 e. The van der Waals surface area contributed by atoms with E-state index in [1.807, 2.05) is 0 Å². The summed E-state index contributed by atoms with van der Waals surface area (Å²) >= 11 is 0. The van der Waals surface area contributed by atoms with E-state index in [9.17, 15) is 18.0 Å². The van der Waals surface area contributed by atoms with E-state index in [1.54, 1.807) is 0 Å². The molecule has 5 heteroatoms. The summed E-state index contributed by atoms with van der Waals surface area (Å²) in [7, 11) is 0. The summed E-state index contributed by atoms with van der Waals surface area (Å²) in [6.45, 7) is 2.26. The molecule has 0 aliphatic heterocycles. The topological polar surface area (TPSA) is 26.3 Å². The van der Waals surface area contributed by atoms with Crippen LogP contribution in [0.2, 0.25) is 0 Å². The fraction of sp³-hybridized carbons (Fsp3) is 0.720. The lowest BCUT2D eigenvalue weighted by Crippen LogP contribution is -2.27. The highest BCUT2D eigenvalue weighted by Crippen LogP contribution is 2.43. The summed E-state index contributed by atoms with van der Waals surface area (Å²) in [5.74, 6) is -2.00. The van der Waals surface area contributed by atoms with Crippen LogP contribution in [-0.2, 0) is 4.79 Å². The van der Waals surface area contributed by atoms with Crippen LogP contribution in [0.4, 0.5) is 13.2 Å². The van der Waals surface area contributed by atoms with Gasteiger partial charge in [-0.05, 0) is 49.4 Å². The zero-order valence-electron chi connectivity index (χ0n) is 18.1. The highest BCUT2D eigenvalue weighted by Gasteiger charge is 2.31. The number of benzene rings is 1. The minimum atomic E-state index is -1.55. The Hall–Kier alpha value is -1.52. The van der Waals surface area contributed by atoms with Crippen LogP contribution in [0.25, 0.3) is 0 Å². The molecular weight excluding hydrogens is 389 g/mol. The first-order valence-corrected chi connectivity index (χ1v) is 11.8. The highest BCUT2D eigenvalue weighted by atomic mass is 19.2. The van der Waals surface area contributed by atoms with Crippen molar-refractivity contribution in [1.82, 2.24) is 0 Å². The quantitative estimate of drug-likeness (QED) is 0.244. The van der Waals surface area contributed by atoms with Gasteiger partial charge in [-0.3, -0.25) is 4.79 Å². The molecule has 2 aliphatic rings. The van der Waals surface area contributed by atoms with Crippen LogP contribution in [0.5, 0.6) is 5.75 Å².